The van der Waals surface area contributed by atoms with Gasteiger partial charge in [0.2, 0.25) is 0 Å². The average Bonchev–Trinajstić information content (AvgIpc) is 2.25. The standard InChI is InChI=1S/C13H29NS/c1-3-5-6-7-8-9-10-11-13(14)12-15-4-2/h13H,3-12,14H2,1-2H3. The van der Waals surface area contributed by atoms with Crippen LogP contribution < -0.4 is 5.73 Å². The van der Waals surface area contributed by atoms with Gasteiger partial charge in [0.05, 0.1) is 0 Å². The quantitative estimate of drug-likeness (QED) is 0.539. The van der Waals surface area contributed by atoms with Crippen LogP contribution in [0.15, 0.2) is 0 Å². The van der Waals surface area contributed by atoms with Crippen molar-refractivity contribution in [1.29, 1.82) is 0 Å². The Kier molecular flexibility index (Phi) is 12.6. The predicted octanol–water partition coefficient (Wildman–Crippen LogP) is 4.21. The summed E-state index contributed by atoms with van der Waals surface area (Å²) in [5.74, 6) is 2.34. The van der Waals surface area contributed by atoms with Gasteiger partial charge >= 0.3 is 0 Å². The molecule has 1 nitrogen and oxygen atoms in total. The highest BCUT2D eigenvalue weighted by Crippen LogP contribution is 2.11. The zero-order valence-corrected chi connectivity index (χ0v) is 11.5. The molecule has 0 rings (SSSR count). The van der Waals surface area contributed by atoms with E-state index in [1.165, 1.54) is 57.1 Å². The van der Waals surface area contributed by atoms with Crippen LogP contribution in [0.5, 0.6) is 0 Å². The van der Waals surface area contributed by atoms with E-state index in [4.69, 9.17) is 5.73 Å². The second-order valence-electron chi connectivity index (χ2n) is 4.33. The van der Waals surface area contributed by atoms with E-state index in [1.54, 1.807) is 0 Å². The lowest BCUT2D eigenvalue weighted by Crippen LogP contribution is -2.22. The lowest BCUT2D eigenvalue weighted by molar-refractivity contribution is 0.549. The molecule has 15 heavy (non-hydrogen) atoms. The maximum atomic E-state index is 6.00. The molecule has 0 aliphatic rings. The van der Waals surface area contributed by atoms with Gasteiger partial charge in [0.15, 0.2) is 0 Å². The molecule has 0 radical (unpaired) electrons. The smallest absolute Gasteiger partial charge is 0.0130 e. The lowest BCUT2D eigenvalue weighted by Gasteiger charge is -2.09. The molecule has 2 N–H and O–H groups in total. The van der Waals surface area contributed by atoms with Crippen LogP contribution in [-0.4, -0.2) is 17.5 Å². The SMILES string of the molecule is CCCCCCCCCC(N)CSCC. The van der Waals surface area contributed by atoms with Crippen LogP contribution in [0.25, 0.3) is 0 Å². The minimum absolute atomic E-state index is 0.436. The predicted molar refractivity (Wildman–Crippen MR) is 73.6 cm³/mol. The molecule has 0 aromatic carbocycles. The van der Waals surface area contributed by atoms with E-state index < -0.39 is 0 Å². The number of hydrogen-bond acceptors (Lipinski definition) is 2. The van der Waals surface area contributed by atoms with E-state index in [1.807, 2.05) is 11.8 Å². The molecule has 1 unspecified atom stereocenters. The van der Waals surface area contributed by atoms with Crippen molar-refractivity contribution in [2.75, 3.05) is 11.5 Å². The summed E-state index contributed by atoms with van der Waals surface area (Å²) < 4.78 is 0. The number of nitrogens with two attached hydrogens (primary N) is 1. The number of unbranched alkanes of at least 4 members (excludes halogenated alkanes) is 6. The minimum Gasteiger partial charge on any atom is -0.327 e. The third kappa shape index (κ3) is 12.2. The molecule has 0 aromatic heterocycles. The zero-order valence-electron chi connectivity index (χ0n) is 10.6. The summed E-state index contributed by atoms with van der Waals surface area (Å²) in [6, 6.07) is 0.436. The topological polar surface area (TPSA) is 26.0 Å². The van der Waals surface area contributed by atoms with Gasteiger partial charge in [-0.3, -0.25) is 0 Å². The van der Waals surface area contributed by atoms with Crippen LogP contribution in [0.3, 0.4) is 0 Å². The van der Waals surface area contributed by atoms with Crippen LogP contribution in [0.1, 0.15) is 65.2 Å². The van der Waals surface area contributed by atoms with Crippen molar-refractivity contribution >= 4 is 11.8 Å². The number of hydrogen-bond donors (Lipinski definition) is 1. The van der Waals surface area contributed by atoms with Gasteiger partial charge in [-0.15, -0.1) is 0 Å². The Labute approximate surface area is 101 Å². The summed E-state index contributed by atoms with van der Waals surface area (Å²) in [5, 5.41) is 0. The lowest BCUT2D eigenvalue weighted by atomic mass is 10.1. The third-order valence-corrected chi connectivity index (χ3v) is 3.79. The van der Waals surface area contributed by atoms with Crippen molar-refractivity contribution in [3.05, 3.63) is 0 Å². The maximum Gasteiger partial charge on any atom is 0.0130 e. The van der Waals surface area contributed by atoms with E-state index in [2.05, 4.69) is 13.8 Å². The largest absolute Gasteiger partial charge is 0.327 e. The van der Waals surface area contributed by atoms with Crippen LogP contribution in [0.2, 0.25) is 0 Å². The highest BCUT2D eigenvalue weighted by atomic mass is 32.2. The van der Waals surface area contributed by atoms with Crippen LogP contribution >= 0.6 is 11.8 Å². The first-order chi connectivity index (χ1) is 7.31. The summed E-state index contributed by atoms with van der Waals surface area (Å²) in [7, 11) is 0. The molecule has 2 heteroatoms. The second kappa shape index (κ2) is 12.4. The number of rotatable bonds is 11. The van der Waals surface area contributed by atoms with Gasteiger partial charge in [-0.05, 0) is 12.2 Å². The van der Waals surface area contributed by atoms with Crippen LogP contribution in [0, 0.1) is 0 Å². The first kappa shape index (κ1) is 15.3. The second-order valence-corrected chi connectivity index (χ2v) is 5.65. The Morgan fingerprint density at radius 2 is 1.53 bits per heavy atom. The van der Waals surface area contributed by atoms with Crippen molar-refractivity contribution in [3.63, 3.8) is 0 Å². The molecule has 1 atom stereocenters. The third-order valence-electron chi connectivity index (χ3n) is 2.71. The Morgan fingerprint density at radius 1 is 0.933 bits per heavy atom. The molecule has 0 fully saturated rings. The normalized spacial score (nSPS) is 13.0. The molecular weight excluding hydrogens is 202 g/mol. The van der Waals surface area contributed by atoms with E-state index in [-0.39, 0.29) is 0 Å². The van der Waals surface area contributed by atoms with Gasteiger partial charge in [0.1, 0.15) is 0 Å². The van der Waals surface area contributed by atoms with Crippen molar-refractivity contribution in [2.24, 2.45) is 5.73 Å². The van der Waals surface area contributed by atoms with E-state index in [0.29, 0.717) is 6.04 Å². The van der Waals surface area contributed by atoms with E-state index in [9.17, 15) is 0 Å². The van der Waals surface area contributed by atoms with Crippen molar-refractivity contribution in [3.8, 4) is 0 Å². The zero-order chi connectivity index (χ0) is 11.4. The fraction of sp³-hybridized carbons (Fsp3) is 1.00. The molecule has 0 spiro atoms. The van der Waals surface area contributed by atoms with Crippen LogP contribution in [0.4, 0.5) is 0 Å². The molecule has 0 bridgehead atoms. The van der Waals surface area contributed by atoms with Gasteiger partial charge in [0, 0.05) is 11.8 Å². The maximum absolute atomic E-state index is 6.00. The fourth-order valence-electron chi connectivity index (χ4n) is 1.72. The van der Waals surface area contributed by atoms with Gasteiger partial charge in [0.25, 0.3) is 0 Å². The van der Waals surface area contributed by atoms with E-state index >= 15 is 0 Å². The van der Waals surface area contributed by atoms with Gasteiger partial charge in [-0.1, -0.05) is 58.8 Å². The molecule has 0 heterocycles. The molecule has 0 saturated heterocycles. The minimum atomic E-state index is 0.436. The van der Waals surface area contributed by atoms with Gasteiger partial charge in [-0.25, -0.2) is 0 Å². The summed E-state index contributed by atoms with van der Waals surface area (Å²) in [6.45, 7) is 4.47. The first-order valence-corrected chi connectivity index (χ1v) is 7.80. The summed E-state index contributed by atoms with van der Waals surface area (Å²) >= 11 is 1.97. The average molecular weight is 231 g/mol. The Bertz CT molecular complexity index is 117. The first-order valence-electron chi connectivity index (χ1n) is 6.64. The summed E-state index contributed by atoms with van der Waals surface area (Å²) in [6.07, 6.45) is 11.0. The molecule has 0 aromatic rings. The Morgan fingerprint density at radius 3 is 2.13 bits per heavy atom. The van der Waals surface area contributed by atoms with Crippen molar-refractivity contribution in [1.82, 2.24) is 0 Å². The monoisotopic (exact) mass is 231 g/mol. The van der Waals surface area contributed by atoms with Crippen LogP contribution in [-0.2, 0) is 0 Å². The Balaban J connectivity index is 3.02. The molecule has 0 saturated carbocycles. The summed E-state index contributed by atoms with van der Waals surface area (Å²) in [5.41, 5.74) is 6.00. The van der Waals surface area contributed by atoms with E-state index in [0.717, 1.165) is 5.75 Å². The molecule has 92 valence electrons. The number of thioether (sulfide) groups is 1. The van der Waals surface area contributed by atoms with Gasteiger partial charge < -0.3 is 5.73 Å². The molecule has 0 aliphatic carbocycles. The highest BCUT2D eigenvalue weighted by molar-refractivity contribution is 7.99. The summed E-state index contributed by atoms with van der Waals surface area (Å²) in [4.78, 5) is 0. The van der Waals surface area contributed by atoms with Crippen molar-refractivity contribution in [2.45, 2.75) is 71.3 Å². The Hall–Kier alpha value is 0.310. The molecule has 0 amide bonds. The fourth-order valence-corrected chi connectivity index (χ4v) is 2.42. The highest BCUT2D eigenvalue weighted by Gasteiger charge is 2.01. The molecular formula is C13H29NS. The van der Waals surface area contributed by atoms with Crippen molar-refractivity contribution < 1.29 is 0 Å². The van der Waals surface area contributed by atoms with Gasteiger partial charge in [-0.2, -0.15) is 11.8 Å². The molecule has 0 aliphatic heterocycles.